The number of hydrogen-bond acceptors (Lipinski definition) is 5. The van der Waals surface area contributed by atoms with E-state index in [-0.39, 0.29) is 22.2 Å². The van der Waals surface area contributed by atoms with Crippen LogP contribution in [0, 0.1) is 12.7 Å². The number of anilines is 1. The van der Waals surface area contributed by atoms with Gasteiger partial charge in [0.2, 0.25) is 0 Å². The molecule has 0 aliphatic carbocycles. The lowest BCUT2D eigenvalue weighted by atomic mass is 10.1. The van der Waals surface area contributed by atoms with E-state index in [9.17, 15) is 40.3 Å². The van der Waals surface area contributed by atoms with Crippen molar-refractivity contribution in [2.24, 2.45) is 5.73 Å². The minimum atomic E-state index is -5.11. The second-order valence-corrected chi connectivity index (χ2v) is 8.13. The first-order valence-corrected chi connectivity index (χ1v) is 10.8. The molecule has 39 heavy (non-hydrogen) atoms. The molecule has 2 amide bonds. The number of benzene rings is 2. The molecule has 0 atom stereocenters. The molecule has 0 radical (unpaired) electrons. The van der Waals surface area contributed by atoms with Gasteiger partial charge in [0.25, 0.3) is 11.8 Å². The highest BCUT2D eigenvalue weighted by Crippen LogP contribution is 2.37. The van der Waals surface area contributed by atoms with Gasteiger partial charge in [0.1, 0.15) is 17.3 Å². The number of primary amides is 1. The SMILES string of the molecule is Cc1c(NC(=O)c2cc(C(N)=O)nc3cccc(F)c23)c(C(F)(F)F)nn1Cc1ccccc1OC(F)(F)F. The van der Waals surface area contributed by atoms with E-state index < -0.39 is 65.1 Å². The molecule has 3 N–H and O–H groups in total. The number of halogens is 7. The maximum atomic E-state index is 14.6. The second kappa shape index (κ2) is 9.89. The molecule has 204 valence electrons. The van der Waals surface area contributed by atoms with Crippen molar-refractivity contribution in [1.29, 1.82) is 0 Å². The monoisotopic (exact) mass is 555 g/mol. The quantitative estimate of drug-likeness (QED) is 0.318. The molecule has 4 aromatic rings. The number of fused-ring (bicyclic) bond motifs is 1. The predicted octanol–water partition coefficient (Wildman–Crippen LogP) is 5.20. The molecule has 0 aliphatic rings. The summed E-state index contributed by atoms with van der Waals surface area (Å²) in [5.74, 6) is -3.92. The van der Waals surface area contributed by atoms with Gasteiger partial charge in [-0.15, -0.1) is 13.2 Å². The fraction of sp³-hybridized carbons (Fsp3) is 0.167. The van der Waals surface area contributed by atoms with Crippen LogP contribution in [0.3, 0.4) is 0 Å². The maximum absolute atomic E-state index is 14.6. The van der Waals surface area contributed by atoms with E-state index in [0.717, 1.165) is 29.8 Å². The molecule has 2 aromatic carbocycles. The Morgan fingerprint density at radius 3 is 2.38 bits per heavy atom. The maximum Gasteiger partial charge on any atom is 0.573 e. The van der Waals surface area contributed by atoms with Crippen molar-refractivity contribution in [2.45, 2.75) is 26.0 Å². The number of amides is 2. The van der Waals surface area contributed by atoms with Gasteiger partial charge in [-0.3, -0.25) is 14.3 Å². The molecule has 0 spiro atoms. The molecule has 0 saturated heterocycles. The van der Waals surface area contributed by atoms with Crippen molar-refractivity contribution in [2.75, 3.05) is 5.32 Å². The van der Waals surface area contributed by atoms with E-state index in [1.807, 2.05) is 5.32 Å². The molecule has 8 nitrogen and oxygen atoms in total. The van der Waals surface area contributed by atoms with Crippen LogP contribution in [0.15, 0.2) is 48.5 Å². The van der Waals surface area contributed by atoms with Gasteiger partial charge >= 0.3 is 12.5 Å². The summed E-state index contributed by atoms with van der Waals surface area (Å²) in [5, 5.41) is 5.13. The highest BCUT2D eigenvalue weighted by atomic mass is 19.4. The Hall–Kier alpha value is -4.69. The molecule has 2 aromatic heterocycles. The third-order valence-corrected chi connectivity index (χ3v) is 5.51. The van der Waals surface area contributed by atoms with Crippen molar-refractivity contribution < 1.29 is 45.1 Å². The zero-order valence-corrected chi connectivity index (χ0v) is 19.6. The van der Waals surface area contributed by atoms with Gasteiger partial charge in [-0.2, -0.15) is 18.3 Å². The van der Waals surface area contributed by atoms with E-state index in [1.165, 1.54) is 30.3 Å². The van der Waals surface area contributed by atoms with Crippen LogP contribution in [0.5, 0.6) is 5.75 Å². The lowest BCUT2D eigenvalue weighted by Gasteiger charge is -2.14. The predicted molar refractivity (Wildman–Crippen MR) is 122 cm³/mol. The average molecular weight is 555 g/mol. The number of carbonyl (C=O) groups is 2. The fourth-order valence-corrected chi connectivity index (χ4v) is 3.80. The molecule has 0 bridgehead atoms. The second-order valence-electron chi connectivity index (χ2n) is 8.13. The third kappa shape index (κ3) is 5.76. The van der Waals surface area contributed by atoms with Gasteiger partial charge in [0.05, 0.1) is 29.0 Å². The molecule has 15 heteroatoms. The van der Waals surface area contributed by atoms with Crippen LogP contribution in [-0.2, 0) is 12.7 Å². The Balaban J connectivity index is 1.78. The van der Waals surface area contributed by atoms with E-state index in [2.05, 4.69) is 14.8 Å². The number of carbonyl (C=O) groups excluding carboxylic acids is 2. The first-order chi connectivity index (χ1) is 18.2. The van der Waals surface area contributed by atoms with Crippen molar-refractivity contribution >= 4 is 28.4 Å². The summed E-state index contributed by atoms with van der Waals surface area (Å²) in [5.41, 5.74) is 1.28. The summed E-state index contributed by atoms with van der Waals surface area (Å²) in [4.78, 5) is 28.7. The number of nitrogens with zero attached hydrogens (tertiary/aromatic N) is 3. The van der Waals surface area contributed by atoms with Crippen LogP contribution in [0.25, 0.3) is 10.9 Å². The van der Waals surface area contributed by atoms with Crippen LogP contribution < -0.4 is 15.8 Å². The molecule has 0 saturated carbocycles. The smallest absolute Gasteiger partial charge is 0.405 e. The van der Waals surface area contributed by atoms with Gasteiger partial charge in [0, 0.05) is 10.9 Å². The third-order valence-electron chi connectivity index (χ3n) is 5.51. The number of ether oxygens (including phenoxy) is 1. The van der Waals surface area contributed by atoms with E-state index in [1.54, 1.807) is 0 Å². The van der Waals surface area contributed by atoms with E-state index >= 15 is 0 Å². The van der Waals surface area contributed by atoms with E-state index in [0.29, 0.717) is 0 Å². The number of hydrogen-bond donors (Lipinski definition) is 2. The summed E-state index contributed by atoms with van der Waals surface area (Å²) < 4.78 is 99.3. The minimum Gasteiger partial charge on any atom is -0.405 e. The Morgan fingerprint density at radius 1 is 1.05 bits per heavy atom. The molecular weight excluding hydrogens is 539 g/mol. The van der Waals surface area contributed by atoms with Crippen molar-refractivity contribution in [3.05, 3.63) is 82.6 Å². The Labute approximate surface area is 214 Å². The highest BCUT2D eigenvalue weighted by molar-refractivity contribution is 6.14. The van der Waals surface area contributed by atoms with Gasteiger partial charge in [-0.25, -0.2) is 9.37 Å². The average Bonchev–Trinajstić information content (AvgIpc) is 3.14. The van der Waals surface area contributed by atoms with Crippen molar-refractivity contribution in [3.8, 4) is 5.75 Å². The van der Waals surface area contributed by atoms with Crippen molar-refractivity contribution in [1.82, 2.24) is 14.8 Å². The van der Waals surface area contributed by atoms with Crippen LogP contribution in [0.4, 0.5) is 36.4 Å². The van der Waals surface area contributed by atoms with Gasteiger partial charge in [-0.05, 0) is 31.2 Å². The number of pyridine rings is 1. The first-order valence-electron chi connectivity index (χ1n) is 10.8. The summed E-state index contributed by atoms with van der Waals surface area (Å²) in [7, 11) is 0. The van der Waals surface area contributed by atoms with Crippen LogP contribution in [0.1, 0.15) is 37.8 Å². The number of rotatable bonds is 6. The zero-order chi connectivity index (χ0) is 28.7. The Bertz CT molecular complexity index is 1600. The lowest BCUT2D eigenvalue weighted by molar-refractivity contribution is -0.274. The normalized spacial score (nSPS) is 12.0. The van der Waals surface area contributed by atoms with Gasteiger partial charge in [-0.1, -0.05) is 24.3 Å². The number of nitrogens with two attached hydrogens (primary N) is 1. The zero-order valence-electron chi connectivity index (χ0n) is 19.6. The largest absolute Gasteiger partial charge is 0.573 e. The molecule has 0 aliphatic heterocycles. The topological polar surface area (TPSA) is 112 Å². The molecule has 4 rings (SSSR count). The van der Waals surface area contributed by atoms with Crippen LogP contribution in [0.2, 0.25) is 0 Å². The van der Waals surface area contributed by atoms with E-state index in [4.69, 9.17) is 5.73 Å². The molecule has 2 heterocycles. The summed E-state index contributed by atoms with van der Waals surface area (Å²) in [6.07, 6.45) is -10.2. The molecule has 0 unspecified atom stereocenters. The molecule has 0 fully saturated rings. The number of alkyl halides is 6. The first kappa shape index (κ1) is 27.3. The summed E-state index contributed by atoms with van der Waals surface area (Å²) in [6.45, 7) is 0.556. The standard InChI is InChI=1S/C24H16F7N5O3/c1-11-19(34-22(38)13-9-16(21(32)37)33-15-7-4-6-14(25)18(13)15)20(23(26,27)28)35-36(11)10-12-5-2-3-8-17(12)39-24(29,30)31/h2-9H,10H2,1H3,(H2,32,37)(H,34,38). The van der Waals surface area contributed by atoms with Gasteiger partial charge < -0.3 is 15.8 Å². The van der Waals surface area contributed by atoms with Crippen LogP contribution >= 0.6 is 0 Å². The van der Waals surface area contributed by atoms with Gasteiger partial charge in [0.15, 0.2) is 5.69 Å². The Kier molecular flexibility index (Phi) is 6.93. The fourth-order valence-electron chi connectivity index (χ4n) is 3.80. The minimum absolute atomic E-state index is 0.152. The lowest BCUT2D eigenvalue weighted by Crippen LogP contribution is -2.20. The highest BCUT2D eigenvalue weighted by Gasteiger charge is 2.40. The Morgan fingerprint density at radius 2 is 1.74 bits per heavy atom. The number of para-hydroxylation sites is 1. The summed E-state index contributed by atoms with van der Waals surface area (Å²) >= 11 is 0. The van der Waals surface area contributed by atoms with Crippen molar-refractivity contribution in [3.63, 3.8) is 0 Å². The molecular formula is C24H16F7N5O3. The van der Waals surface area contributed by atoms with Crippen LogP contribution in [-0.4, -0.2) is 32.9 Å². The number of nitrogens with one attached hydrogen (secondary N) is 1. The summed E-state index contributed by atoms with van der Waals surface area (Å²) in [6, 6.07) is 9.10. The number of aromatic nitrogens is 3.